The number of rotatable bonds is 7. The van der Waals surface area contributed by atoms with Crippen molar-refractivity contribution < 1.29 is 13.5 Å². The van der Waals surface area contributed by atoms with Gasteiger partial charge in [0, 0.05) is 13.2 Å². The van der Waals surface area contributed by atoms with E-state index in [9.17, 15) is 8.78 Å². The molecule has 0 unspecified atom stereocenters. The molecule has 16 heavy (non-hydrogen) atoms. The van der Waals surface area contributed by atoms with Crippen LogP contribution in [-0.2, 0) is 11.2 Å². The van der Waals surface area contributed by atoms with Crippen LogP contribution >= 0.6 is 0 Å². The van der Waals surface area contributed by atoms with Crippen molar-refractivity contribution in [3.63, 3.8) is 0 Å². The van der Waals surface area contributed by atoms with Gasteiger partial charge in [0.1, 0.15) is 0 Å². The third kappa shape index (κ3) is 5.19. The first-order valence-electron chi connectivity index (χ1n) is 5.26. The number of hydrogen-bond donors (Lipinski definition) is 1. The summed E-state index contributed by atoms with van der Waals surface area (Å²) in [6, 6.07) is 9.70. The summed E-state index contributed by atoms with van der Waals surface area (Å²) in [5, 5.41) is 2.79. The lowest BCUT2D eigenvalue weighted by molar-refractivity contribution is 0.122. The van der Waals surface area contributed by atoms with E-state index in [1.165, 1.54) is 0 Å². The number of alkyl halides is 2. The first-order valence-corrected chi connectivity index (χ1v) is 5.26. The molecule has 4 heteroatoms. The fourth-order valence-corrected chi connectivity index (χ4v) is 1.55. The van der Waals surface area contributed by atoms with Crippen LogP contribution in [0.4, 0.5) is 8.78 Å². The lowest BCUT2D eigenvalue weighted by Crippen LogP contribution is -2.38. The topological polar surface area (TPSA) is 21.3 Å². The highest BCUT2D eigenvalue weighted by Crippen LogP contribution is 2.04. The molecule has 0 fully saturated rings. The van der Waals surface area contributed by atoms with Gasteiger partial charge in [0.2, 0.25) is 0 Å². The number of nitrogens with one attached hydrogen (secondary N) is 1. The number of hydrogen-bond acceptors (Lipinski definition) is 2. The average Bonchev–Trinajstić information content (AvgIpc) is 2.27. The molecule has 1 rings (SSSR count). The lowest BCUT2D eigenvalue weighted by atomic mass is 10.1. The minimum Gasteiger partial charge on any atom is -0.383 e. The quantitative estimate of drug-likeness (QED) is 0.773. The van der Waals surface area contributed by atoms with Crippen molar-refractivity contribution in [2.45, 2.75) is 18.9 Å². The molecular weight excluding hydrogens is 212 g/mol. The van der Waals surface area contributed by atoms with Gasteiger partial charge in [-0.3, -0.25) is 0 Å². The minimum absolute atomic E-state index is 0.0681. The van der Waals surface area contributed by atoms with E-state index in [1.807, 2.05) is 30.3 Å². The van der Waals surface area contributed by atoms with Crippen LogP contribution in [0.25, 0.3) is 0 Å². The van der Waals surface area contributed by atoms with Crippen LogP contribution in [0.15, 0.2) is 30.3 Å². The molecule has 0 amide bonds. The Morgan fingerprint density at radius 1 is 1.25 bits per heavy atom. The summed E-state index contributed by atoms with van der Waals surface area (Å²) >= 11 is 0. The van der Waals surface area contributed by atoms with Crippen molar-refractivity contribution >= 4 is 0 Å². The summed E-state index contributed by atoms with van der Waals surface area (Å²) in [4.78, 5) is 0. The van der Waals surface area contributed by atoms with Crippen LogP contribution in [0.1, 0.15) is 5.56 Å². The third-order valence-electron chi connectivity index (χ3n) is 2.25. The molecule has 0 aromatic heterocycles. The molecule has 0 saturated heterocycles. The zero-order valence-electron chi connectivity index (χ0n) is 9.33. The van der Waals surface area contributed by atoms with Crippen molar-refractivity contribution in [1.82, 2.24) is 5.32 Å². The van der Waals surface area contributed by atoms with Gasteiger partial charge in [-0.2, -0.15) is 0 Å². The van der Waals surface area contributed by atoms with Crippen LogP contribution < -0.4 is 5.32 Å². The summed E-state index contributed by atoms with van der Waals surface area (Å²) in [7, 11) is 1.57. The second kappa shape index (κ2) is 7.30. The first kappa shape index (κ1) is 13.1. The zero-order chi connectivity index (χ0) is 11.8. The monoisotopic (exact) mass is 229 g/mol. The Hall–Kier alpha value is -1.00. The fourth-order valence-electron chi connectivity index (χ4n) is 1.55. The summed E-state index contributed by atoms with van der Waals surface area (Å²) in [6.07, 6.45) is -1.63. The second-order valence-electron chi connectivity index (χ2n) is 3.64. The number of halogens is 2. The molecule has 0 bridgehead atoms. The van der Waals surface area contributed by atoms with Crippen LogP contribution in [-0.4, -0.2) is 32.7 Å². The van der Waals surface area contributed by atoms with Gasteiger partial charge in [-0.05, 0) is 12.0 Å². The fraction of sp³-hybridized carbons (Fsp3) is 0.500. The molecule has 1 aromatic rings. The van der Waals surface area contributed by atoms with Gasteiger partial charge in [0.15, 0.2) is 0 Å². The molecule has 0 aliphatic carbocycles. The van der Waals surface area contributed by atoms with Gasteiger partial charge >= 0.3 is 0 Å². The Balaban J connectivity index is 2.44. The standard InChI is InChI=1S/C12H17F2NO/c1-16-9-11(15-8-12(13)14)7-10-5-3-2-4-6-10/h2-6,11-12,15H,7-9H2,1H3/t11-/m1/s1. The van der Waals surface area contributed by atoms with Crippen LogP contribution in [0, 0.1) is 0 Å². The van der Waals surface area contributed by atoms with Crippen molar-refractivity contribution in [2.75, 3.05) is 20.3 Å². The lowest BCUT2D eigenvalue weighted by Gasteiger charge is -2.17. The molecule has 0 saturated carbocycles. The molecule has 0 aliphatic rings. The highest BCUT2D eigenvalue weighted by Gasteiger charge is 2.11. The van der Waals surface area contributed by atoms with Crippen molar-refractivity contribution in [3.8, 4) is 0 Å². The smallest absolute Gasteiger partial charge is 0.250 e. The summed E-state index contributed by atoms with van der Waals surface area (Å²) in [5.74, 6) is 0. The van der Waals surface area contributed by atoms with E-state index in [4.69, 9.17) is 4.74 Å². The Morgan fingerprint density at radius 3 is 2.50 bits per heavy atom. The molecule has 0 radical (unpaired) electrons. The molecule has 0 spiro atoms. The van der Waals surface area contributed by atoms with Crippen molar-refractivity contribution in [2.24, 2.45) is 0 Å². The van der Waals surface area contributed by atoms with E-state index >= 15 is 0 Å². The van der Waals surface area contributed by atoms with E-state index in [0.717, 1.165) is 5.56 Å². The Labute approximate surface area is 94.6 Å². The highest BCUT2D eigenvalue weighted by molar-refractivity contribution is 5.15. The normalized spacial score (nSPS) is 13.0. The number of benzene rings is 1. The van der Waals surface area contributed by atoms with Gasteiger partial charge in [-0.25, -0.2) is 8.78 Å². The zero-order valence-corrected chi connectivity index (χ0v) is 9.33. The van der Waals surface area contributed by atoms with Gasteiger partial charge in [0.05, 0.1) is 13.2 Å². The molecule has 1 aromatic carbocycles. The van der Waals surface area contributed by atoms with Gasteiger partial charge < -0.3 is 10.1 Å². The predicted molar refractivity (Wildman–Crippen MR) is 59.8 cm³/mol. The van der Waals surface area contributed by atoms with Crippen molar-refractivity contribution in [1.29, 1.82) is 0 Å². The molecule has 0 aliphatic heterocycles. The van der Waals surface area contributed by atoms with Crippen LogP contribution in [0.3, 0.4) is 0 Å². The van der Waals surface area contributed by atoms with Crippen LogP contribution in [0.2, 0.25) is 0 Å². The van der Waals surface area contributed by atoms with Crippen molar-refractivity contribution in [3.05, 3.63) is 35.9 Å². The van der Waals surface area contributed by atoms with Gasteiger partial charge in [-0.15, -0.1) is 0 Å². The molecule has 0 heterocycles. The largest absolute Gasteiger partial charge is 0.383 e. The molecule has 1 atom stereocenters. The van der Waals surface area contributed by atoms with E-state index < -0.39 is 6.43 Å². The maximum Gasteiger partial charge on any atom is 0.250 e. The Morgan fingerprint density at radius 2 is 1.94 bits per heavy atom. The van der Waals surface area contributed by atoms with E-state index in [2.05, 4.69) is 5.32 Å². The van der Waals surface area contributed by atoms with Crippen LogP contribution in [0.5, 0.6) is 0 Å². The number of ether oxygens (including phenoxy) is 1. The summed E-state index contributed by atoms with van der Waals surface area (Å²) in [6.45, 7) is 0.141. The second-order valence-corrected chi connectivity index (χ2v) is 3.64. The molecular formula is C12H17F2NO. The molecule has 1 N–H and O–H groups in total. The van der Waals surface area contributed by atoms with E-state index in [-0.39, 0.29) is 12.6 Å². The summed E-state index contributed by atoms with van der Waals surface area (Å²) in [5.41, 5.74) is 1.12. The predicted octanol–water partition coefficient (Wildman–Crippen LogP) is 2.10. The highest BCUT2D eigenvalue weighted by atomic mass is 19.3. The Kier molecular flexibility index (Phi) is 5.96. The third-order valence-corrected chi connectivity index (χ3v) is 2.25. The molecule has 90 valence electrons. The maximum atomic E-state index is 12.1. The van der Waals surface area contributed by atoms with E-state index in [0.29, 0.717) is 13.0 Å². The van der Waals surface area contributed by atoms with E-state index in [1.54, 1.807) is 7.11 Å². The average molecular weight is 229 g/mol. The SMILES string of the molecule is COC[C@@H](Cc1ccccc1)NCC(F)F. The minimum atomic E-state index is -2.32. The van der Waals surface area contributed by atoms with Gasteiger partial charge in [0.25, 0.3) is 6.43 Å². The van der Waals surface area contributed by atoms with Gasteiger partial charge in [-0.1, -0.05) is 30.3 Å². The molecule has 2 nitrogen and oxygen atoms in total. The first-order chi connectivity index (χ1) is 7.72. The Bertz CT molecular complexity index is 280. The maximum absolute atomic E-state index is 12.1. The summed E-state index contributed by atoms with van der Waals surface area (Å²) < 4.78 is 29.1. The number of methoxy groups -OCH3 is 1.